The van der Waals surface area contributed by atoms with Crippen molar-refractivity contribution in [2.24, 2.45) is 16.8 Å². The third kappa shape index (κ3) is 6.01. The molecule has 2 fully saturated rings. The number of thioether (sulfide) groups is 1. The molecule has 1 amide bonds. The van der Waals surface area contributed by atoms with E-state index >= 15 is 0 Å². The van der Waals surface area contributed by atoms with E-state index in [2.05, 4.69) is 26.8 Å². The Kier molecular flexibility index (Phi) is 8.70. The fraction of sp³-hybridized carbons (Fsp3) is 0.500. The molecule has 0 bridgehead atoms. The van der Waals surface area contributed by atoms with E-state index in [0.29, 0.717) is 66.7 Å². The number of fused-ring (bicyclic) bond motifs is 1. The lowest BCUT2D eigenvalue weighted by molar-refractivity contribution is -0.126. The molecule has 1 saturated carbocycles. The molecule has 1 aromatic carbocycles. The van der Waals surface area contributed by atoms with Crippen molar-refractivity contribution < 1.29 is 23.1 Å². The first-order valence-corrected chi connectivity index (χ1v) is 15.7. The zero-order valence-electron chi connectivity index (χ0n) is 22.9. The fourth-order valence-electron chi connectivity index (χ4n) is 6.44. The van der Waals surface area contributed by atoms with E-state index in [9.17, 15) is 23.1 Å². The molecule has 4 heterocycles. The maximum atomic E-state index is 14.0. The summed E-state index contributed by atoms with van der Waals surface area (Å²) >= 11 is 8.24. The van der Waals surface area contributed by atoms with Gasteiger partial charge in [0.15, 0.2) is 0 Å². The first-order valence-electron chi connectivity index (χ1n) is 14.4. The van der Waals surface area contributed by atoms with Crippen LogP contribution in [0.5, 0.6) is 0 Å². The Bertz CT molecular complexity index is 1410. The van der Waals surface area contributed by atoms with Crippen molar-refractivity contribution in [2.45, 2.75) is 68.9 Å². The Balaban J connectivity index is 1.30. The van der Waals surface area contributed by atoms with Gasteiger partial charge in [-0.3, -0.25) is 9.79 Å². The highest BCUT2D eigenvalue weighted by molar-refractivity contribution is 8.03. The molecule has 12 heteroatoms. The predicted molar refractivity (Wildman–Crippen MR) is 158 cm³/mol. The molecule has 1 aromatic heterocycles. The zero-order chi connectivity index (χ0) is 29.4. The molecule has 1 saturated heterocycles. The smallest absolute Gasteiger partial charge is 0.333 e. The van der Waals surface area contributed by atoms with Gasteiger partial charge in [-0.25, -0.2) is 9.07 Å². The number of carbonyl (C=O) groups is 1. The van der Waals surface area contributed by atoms with Gasteiger partial charge in [0, 0.05) is 47.1 Å². The largest absolute Gasteiger partial charge is 0.393 e. The summed E-state index contributed by atoms with van der Waals surface area (Å²) in [5, 5.41) is 19.4. The third-order valence-electron chi connectivity index (χ3n) is 8.61. The zero-order valence-corrected chi connectivity index (χ0v) is 24.5. The molecule has 1 unspecified atom stereocenters. The van der Waals surface area contributed by atoms with Gasteiger partial charge in [-0.1, -0.05) is 23.7 Å². The van der Waals surface area contributed by atoms with Gasteiger partial charge in [0.25, 0.3) is 0 Å². The number of aliphatic imine (C=N–C) groups is 1. The van der Waals surface area contributed by atoms with E-state index in [1.807, 2.05) is 0 Å². The van der Waals surface area contributed by atoms with Crippen LogP contribution in [0.25, 0.3) is 5.57 Å². The number of nitrogens with zero attached hydrogens (tertiary/aromatic N) is 4. The van der Waals surface area contributed by atoms with Gasteiger partial charge in [0.05, 0.1) is 17.0 Å². The number of aliphatic hydroxyl groups excluding tert-OH is 1. The quantitative estimate of drug-likeness (QED) is 0.361. The minimum absolute atomic E-state index is 0.0387. The van der Waals surface area contributed by atoms with E-state index in [-0.39, 0.29) is 34.1 Å². The van der Waals surface area contributed by atoms with Crippen LogP contribution in [0.2, 0.25) is 5.02 Å². The van der Waals surface area contributed by atoms with Crippen LogP contribution in [-0.2, 0) is 4.79 Å². The summed E-state index contributed by atoms with van der Waals surface area (Å²) in [5.74, 6) is 0.582. The molecule has 4 aliphatic rings. The number of allylic oxidation sites excluding steroid dienone is 2. The normalized spacial score (nSPS) is 27.5. The van der Waals surface area contributed by atoms with Gasteiger partial charge in [0.2, 0.25) is 5.91 Å². The third-order valence-corrected chi connectivity index (χ3v) is 10.0. The molecule has 224 valence electrons. The monoisotopic (exact) mass is 619 g/mol. The maximum absolute atomic E-state index is 14.0. The SMILES string of the molecule is O=C(NCC[C@H]1CC2=C(c3ccn(C(F)F)n3)[C@H](c3ccc(F)cc3Cl)N=C(C3CC=CS3)N2C1)C1CCC(O)CC1. The van der Waals surface area contributed by atoms with Gasteiger partial charge in [-0.2, -0.15) is 13.9 Å². The second kappa shape index (κ2) is 12.5. The number of aromatic nitrogens is 2. The molecule has 1 aliphatic carbocycles. The van der Waals surface area contributed by atoms with Gasteiger partial charge in [-0.05, 0) is 74.5 Å². The summed E-state index contributed by atoms with van der Waals surface area (Å²) in [6, 6.07) is 5.12. The predicted octanol–water partition coefficient (Wildman–Crippen LogP) is 6.33. The number of benzene rings is 1. The highest BCUT2D eigenvalue weighted by Gasteiger charge is 2.42. The van der Waals surface area contributed by atoms with Crippen molar-refractivity contribution >= 4 is 40.7 Å². The molecule has 42 heavy (non-hydrogen) atoms. The number of halogens is 4. The molecule has 3 aliphatic heterocycles. The first kappa shape index (κ1) is 29.3. The van der Waals surface area contributed by atoms with Gasteiger partial charge < -0.3 is 15.3 Å². The second-order valence-electron chi connectivity index (χ2n) is 11.4. The van der Waals surface area contributed by atoms with Crippen LogP contribution in [0.3, 0.4) is 0 Å². The van der Waals surface area contributed by atoms with Crippen LogP contribution in [0.1, 0.15) is 68.8 Å². The Morgan fingerprint density at radius 3 is 2.71 bits per heavy atom. The second-order valence-corrected chi connectivity index (χ2v) is 12.9. The minimum atomic E-state index is -2.79. The van der Waals surface area contributed by atoms with E-state index in [0.717, 1.165) is 24.4 Å². The number of hydrogen-bond acceptors (Lipinski definition) is 6. The Morgan fingerprint density at radius 2 is 2.02 bits per heavy atom. The summed E-state index contributed by atoms with van der Waals surface area (Å²) in [6.45, 7) is -1.58. The molecule has 2 aromatic rings. The van der Waals surface area contributed by atoms with E-state index < -0.39 is 18.4 Å². The number of aliphatic hydroxyl groups is 1. The van der Waals surface area contributed by atoms with Crippen molar-refractivity contribution in [1.29, 1.82) is 0 Å². The number of amides is 1. The molecule has 0 radical (unpaired) electrons. The standard InChI is InChI=1S/C30H33ClF3N5O2S/c31-22-15-19(32)5-8-21(22)27-26(23-10-12-39(37-23)30(33)34)24-14-17(16-38(24)28(36-27)25-2-1-13-42-25)9-11-35-29(41)18-3-6-20(40)7-4-18/h1,5,8,10,12-13,15,17-18,20,25,27,30,40H,2-4,6-7,9,11,14,16H2,(H,35,41)/t17-,18?,20?,25?,27-/m0/s1. The topological polar surface area (TPSA) is 82.8 Å². The first-order chi connectivity index (χ1) is 20.3. The van der Waals surface area contributed by atoms with Crippen LogP contribution < -0.4 is 5.32 Å². The summed E-state index contributed by atoms with van der Waals surface area (Å²) in [4.78, 5) is 20.1. The highest BCUT2D eigenvalue weighted by Crippen LogP contribution is 2.48. The van der Waals surface area contributed by atoms with Crippen LogP contribution in [0.15, 0.2) is 52.6 Å². The number of rotatable bonds is 8. The Labute approximate surface area is 251 Å². The van der Waals surface area contributed by atoms with Crippen molar-refractivity contribution in [3.63, 3.8) is 0 Å². The molecule has 2 N–H and O–H groups in total. The van der Waals surface area contributed by atoms with Crippen LogP contribution in [0.4, 0.5) is 13.2 Å². The van der Waals surface area contributed by atoms with Crippen LogP contribution in [0, 0.1) is 17.7 Å². The Hall–Kier alpha value is -2.76. The fourth-order valence-corrected chi connectivity index (χ4v) is 7.65. The molecule has 6 rings (SSSR count). The minimum Gasteiger partial charge on any atom is -0.393 e. The molecular formula is C30H33ClF3N5O2S. The van der Waals surface area contributed by atoms with Crippen molar-refractivity contribution in [3.05, 3.63) is 69.7 Å². The van der Waals surface area contributed by atoms with E-state index in [1.54, 1.807) is 23.9 Å². The van der Waals surface area contributed by atoms with E-state index in [4.69, 9.17) is 16.6 Å². The summed E-state index contributed by atoms with van der Waals surface area (Å²) in [7, 11) is 0. The maximum Gasteiger partial charge on any atom is 0.333 e. The lowest BCUT2D eigenvalue weighted by Gasteiger charge is -2.35. The lowest BCUT2D eigenvalue weighted by Crippen LogP contribution is -2.38. The average Bonchev–Trinajstić information content (AvgIpc) is 3.74. The molecular weight excluding hydrogens is 587 g/mol. The number of amidine groups is 1. The van der Waals surface area contributed by atoms with Crippen molar-refractivity contribution in [2.75, 3.05) is 13.1 Å². The number of nitrogens with one attached hydrogen (secondary N) is 1. The number of carbonyl (C=O) groups excluding carboxylic acids is 1. The van der Waals surface area contributed by atoms with Gasteiger partial charge in [-0.15, -0.1) is 11.8 Å². The van der Waals surface area contributed by atoms with Crippen LogP contribution in [-0.4, -0.2) is 56.0 Å². The molecule has 3 atom stereocenters. The van der Waals surface area contributed by atoms with Crippen molar-refractivity contribution in [3.8, 4) is 0 Å². The molecule has 7 nitrogen and oxygen atoms in total. The molecule has 0 spiro atoms. The van der Waals surface area contributed by atoms with E-state index in [1.165, 1.54) is 18.3 Å². The number of hydrogen-bond donors (Lipinski definition) is 2. The highest BCUT2D eigenvalue weighted by atomic mass is 35.5. The number of alkyl halides is 2. The average molecular weight is 620 g/mol. The van der Waals surface area contributed by atoms with Crippen LogP contribution >= 0.6 is 23.4 Å². The van der Waals surface area contributed by atoms with Gasteiger partial charge >= 0.3 is 6.55 Å². The lowest BCUT2D eigenvalue weighted by atomic mass is 9.87. The summed E-state index contributed by atoms with van der Waals surface area (Å²) in [6.07, 6.45) is 7.97. The summed E-state index contributed by atoms with van der Waals surface area (Å²) < 4.78 is 41.8. The van der Waals surface area contributed by atoms with Gasteiger partial charge in [0.1, 0.15) is 17.7 Å². The van der Waals surface area contributed by atoms with Crippen molar-refractivity contribution in [1.82, 2.24) is 20.0 Å². The Morgan fingerprint density at radius 1 is 1.21 bits per heavy atom. The summed E-state index contributed by atoms with van der Waals surface area (Å²) in [5.41, 5.74) is 2.62.